The van der Waals surface area contributed by atoms with Crippen molar-refractivity contribution in [1.82, 2.24) is 0 Å². The summed E-state index contributed by atoms with van der Waals surface area (Å²) in [5, 5.41) is 5.65. The van der Waals surface area contributed by atoms with E-state index >= 15 is 0 Å². The van der Waals surface area contributed by atoms with Crippen LogP contribution in [0.3, 0.4) is 0 Å². The van der Waals surface area contributed by atoms with Gasteiger partial charge in [-0.1, -0.05) is 24.3 Å². The number of para-hydroxylation sites is 1. The first kappa shape index (κ1) is 19.8. The van der Waals surface area contributed by atoms with Crippen LogP contribution in [0.5, 0.6) is 0 Å². The quantitative estimate of drug-likeness (QED) is 0.639. The van der Waals surface area contributed by atoms with E-state index in [-0.39, 0.29) is 11.8 Å². The molecule has 0 radical (unpaired) electrons. The zero-order chi connectivity index (χ0) is 20.8. The summed E-state index contributed by atoms with van der Waals surface area (Å²) in [5.74, 6) is -1.07. The molecule has 0 saturated heterocycles. The summed E-state index contributed by atoms with van der Waals surface area (Å²) in [6.07, 6.45) is 0. The van der Waals surface area contributed by atoms with Crippen molar-refractivity contribution < 1.29 is 19.1 Å². The molecular weight excluding hydrogens is 368 g/mol. The van der Waals surface area contributed by atoms with Crippen LogP contribution >= 0.6 is 0 Å². The van der Waals surface area contributed by atoms with Gasteiger partial charge in [-0.2, -0.15) is 0 Å². The van der Waals surface area contributed by atoms with Gasteiger partial charge in [0.15, 0.2) is 0 Å². The third-order valence-electron chi connectivity index (χ3n) is 4.43. The van der Waals surface area contributed by atoms with E-state index < -0.39 is 5.97 Å². The fourth-order valence-electron chi connectivity index (χ4n) is 2.81. The maximum absolute atomic E-state index is 12.6. The van der Waals surface area contributed by atoms with Crippen molar-refractivity contribution in [2.24, 2.45) is 0 Å². The first-order valence-corrected chi connectivity index (χ1v) is 8.95. The first-order valence-electron chi connectivity index (χ1n) is 8.95. The number of carbonyl (C=O) groups is 3. The molecule has 29 heavy (non-hydrogen) atoms. The van der Waals surface area contributed by atoms with Crippen molar-refractivity contribution in [3.05, 3.63) is 95.1 Å². The van der Waals surface area contributed by atoms with E-state index in [1.54, 1.807) is 49.4 Å². The fraction of sp³-hybridized carbons (Fsp3) is 0.0870. The average molecular weight is 388 g/mol. The molecule has 0 atom stereocenters. The topological polar surface area (TPSA) is 84.5 Å². The maximum Gasteiger partial charge on any atom is 0.337 e. The van der Waals surface area contributed by atoms with Crippen LogP contribution in [0.2, 0.25) is 0 Å². The monoisotopic (exact) mass is 388 g/mol. The molecule has 0 saturated carbocycles. The molecule has 0 bridgehead atoms. The molecule has 0 spiro atoms. The predicted octanol–water partition coefficient (Wildman–Crippen LogP) is 4.29. The molecule has 0 aliphatic heterocycles. The molecule has 0 aliphatic carbocycles. The van der Waals surface area contributed by atoms with Crippen LogP contribution in [-0.2, 0) is 4.74 Å². The van der Waals surface area contributed by atoms with Gasteiger partial charge in [-0.05, 0) is 61.0 Å². The van der Waals surface area contributed by atoms with E-state index in [0.717, 1.165) is 0 Å². The molecular formula is C23H20N2O4. The van der Waals surface area contributed by atoms with Gasteiger partial charge in [-0.15, -0.1) is 0 Å². The van der Waals surface area contributed by atoms with E-state index in [0.29, 0.717) is 33.6 Å². The van der Waals surface area contributed by atoms with Gasteiger partial charge in [-0.3, -0.25) is 9.59 Å². The smallest absolute Gasteiger partial charge is 0.337 e. The highest BCUT2D eigenvalue weighted by molar-refractivity contribution is 6.09. The summed E-state index contributed by atoms with van der Waals surface area (Å²) in [4.78, 5) is 36.7. The SMILES string of the molecule is COC(=O)c1ccc(C(=O)Nc2cccc(C(=O)Nc3ccccc3)c2C)cc1. The number of amides is 2. The average Bonchev–Trinajstić information content (AvgIpc) is 2.75. The number of nitrogens with one attached hydrogen (secondary N) is 2. The molecule has 0 heterocycles. The number of carbonyl (C=O) groups excluding carboxylic acids is 3. The summed E-state index contributed by atoms with van der Waals surface area (Å²) in [6, 6.07) is 20.4. The van der Waals surface area contributed by atoms with Crippen molar-refractivity contribution in [2.45, 2.75) is 6.92 Å². The second-order valence-electron chi connectivity index (χ2n) is 6.32. The Morgan fingerprint density at radius 1 is 0.724 bits per heavy atom. The van der Waals surface area contributed by atoms with Gasteiger partial charge in [0.1, 0.15) is 0 Å². The van der Waals surface area contributed by atoms with E-state index in [1.807, 2.05) is 18.2 Å². The Balaban J connectivity index is 1.76. The summed E-state index contributed by atoms with van der Waals surface area (Å²) >= 11 is 0. The van der Waals surface area contributed by atoms with Crippen molar-refractivity contribution >= 4 is 29.2 Å². The fourth-order valence-corrected chi connectivity index (χ4v) is 2.81. The van der Waals surface area contributed by atoms with Crippen molar-refractivity contribution in [3.63, 3.8) is 0 Å². The van der Waals surface area contributed by atoms with Gasteiger partial charge in [0.05, 0.1) is 12.7 Å². The highest BCUT2D eigenvalue weighted by atomic mass is 16.5. The molecule has 0 unspecified atom stereocenters. The predicted molar refractivity (Wildman–Crippen MR) is 111 cm³/mol. The third kappa shape index (κ3) is 4.68. The molecule has 6 heteroatoms. The number of anilines is 2. The van der Waals surface area contributed by atoms with Gasteiger partial charge < -0.3 is 15.4 Å². The molecule has 2 N–H and O–H groups in total. The second kappa shape index (κ2) is 8.84. The van der Waals surface area contributed by atoms with E-state index in [4.69, 9.17) is 0 Å². The Labute approximate surface area is 168 Å². The maximum atomic E-state index is 12.6. The third-order valence-corrected chi connectivity index (χ3v) is 4.43. The van der Waals surface area contributed by atoms with Crippen molar-refractivity contribution in [2.75, 3.05) is 17.7 Å². The molecule has 3 rings (SSSR count). The van der Waals surface area contributed by atoms with Gasteiger partial charge in [0.2, 0.25) is 0 Å². The van der Waals surface area contributed by atoms with Crippen LogP contribution in [0.4, 0.5) is 11.4 Å². The van der Waals surface area contributed by atoms with Gasteiger partial charge in [-0.25, -0.2) is 4.79 Å². The Kier molecular flexibility index (Phi) is 6.04. The lowest BCUT2D eigenvalue weighted by Crippen LogP contribution is -2.17. The zero-order valence-corrected chi connectivity index (χ0v) is 16.1. The zero-order valence-electron chi connectivity index (χ0n) is 16.1. The summed E-state index contributed by atoms with van der Waals surface area (Å²) in [5.41, 5.74) is 3.09. The van der Waals surface area contributed by atoms with E-state index in [2.05, 4.69) is 15.4 Å². The Bertz CT molecular complexity index is 1040. The van der Waals surface area contributed by atoms with Crippen LogP contribution in [0.25, 0.3) is 0 Å². The molecule has 3 aromatic rings. The molecule has 0 aromatic heterocycles. The number of benzene rings is 3. The van der Waals surface area contributed by atoms with Gasteiger partial charge in [0.25, 0.3) is 11.8 Å². The number of hydrogen-bond donors (Lipinski definition) is 2. The lowest BCUT2D eigenvalue weighted by atomic mass is 10.0. The number of rotatable bonds is 5. The summed E-state index contributed by atoms with van der Waals surface area (Å²) < 4.78 is 4.65. The van der Waals surface area contributed by atoms with Gasteiger partial charge in [0, 0.05) is 22.5 Å². The number of ether oxygens (including phenoxy) is 1. The minimum absolute atomic E-state index is 0.257. The Morgan fingerprint density at radius 2 is 1.38 bits per heavy atom. The van der Waals surface area contributed by atoms with Crippen LogP contribution in [0.1, 0.15) is 36.6 Å². The normalized spacial score (nSPS) is 10.1. The molecule has 6 nitrogen and oxygen atoms in total. The molecule has 2 amide bonds. The van der Waals surface area contributed by atoms with Crippen LogP contribution in [0.15, 0.2) is 72.8 Å². The van der Waals surface area contributed by atoms with Crippen LogP contribution in [-0.4, -0.2) is 24.9 Å². The largest absolute Gasteiger partial charge is 0.465 e. The number of hydrogen-bond acceptors (Lipinski definition) is 4. The lowest BCUT2D eigenvalue weighted by molar-refractivity contribution is 0.0600. The Morgan fingerprint density at radius 3 is 2.03 bits per heavy atom. The Hall–Kier alpha value is -3.93. The number of methoxy groups -OCH3 is 1. The first-order chi connectivity index (χ1) is 14.0. The van der Waals surface area contributed by atoms with Crippen molar-refractivity contribution in [3.8, 4) is 0 Å². The highest BCUT2D eigenvalue weighted by Crippen LogP contribution is 2.21. The van der Waals surface area contributed by atoms with E-state index in [1.165, 1.54) is 19.2 Å². The summed E-state index contributed by atoms with van der Waals surface area (Å²) in [6.45, 7) is 1.77. The molecule has 0 fully saturated rings. The molecule has 146 valence electrons. The number of esters is 1. The standard InChI is InChI=1S/C23H20N2O4/c1-15-19(22(27)24-18-7-4-3-5-8-18)9-6-10-20(15)25-21(26)16-11-13-17(14-12-16)23(28)29-2/h3-14H,1-2H3,(H,24,27)(H,25,26). The van der Waals surface area contributed by atoms with Crippen LogP contribution < -0.4 is 10.6 Å². The summed E-state index contributed by atoms with van der Waals surface area (Å²) in [7, 11) is 1.30. The molecule has 0 aliphatic rings. The minimum Gasteiger partial charge on any atom is -0.465 e. The van der Waals surface area contributed by atoms with E-state index in [9.17, 15) is 14.4 Å². The lowest BCUT2D eigenvalue weighted by Gasteiger charge is -2.13. The molecule has 3 aromatic carbocycles. The minimum atomic E-state index is -0.468. The van der Waals surface area contributed by atoms with Gasteiger partial charge >= 0.3 is 5.97 Å². The highest BCUT2D eigenvalue weighted by Gasteiger charge is 2.15. The van der Waals surface area contributed by atoms with Crippen LogP contribution in [0, 0.1) is 6.92 Å². The van der Waals surface area contributed by atoms with Crippen molar-refractivity contribution in [1.29, 1.82) is 0 Å². The second-order valence-corrected chi connectivity index (χ2v) is 6.32.